The first-order valence-corrected chi connectivity index (χ1v) is 6.35. The summed E-state index contributed by atoms with van der Waals surface area (Å²) in [6, 6.07) is 6.28. The van der Waals surface area contributed by atoms with Gasteiger partial charge in [-0.1, -0.05) is 12.8 Å². The van der Waals surface area contributed by atoms with Crippen molar-refractivity contribution in [2.45, 2.75) is 31.6 Å². The van der Waals surface area contributed by atoms with Gasteiger partial charge in [-0.2, -0.15) is 5.10 Å². The quantitative estimate of drug-likeness (QED) is 0.882. The van der Waals surface area contributed by atoms with Crippen molar-refractivity contribution in [3.05, 3.63) is 42.0 Å². The molecule has 0 amide bonds. The summed E-state index contributed by atoms with van der Waals surface area (Å²) in [5.74, 6) is 0.251. The van der Waals surface area contributed by atoms with Crippen molar-refractivity contribution in [1.29, 1.82) is 0 Å². The van der Waals surface area contributed by atoms with Crippen molar-refractivity contribution in [2.75, 3.05) is 5.73 Å². The van der Waals surface area contributed by atoms with E-state index in [2.05, 4.69) is 5.10 Å². The molecule has 2 N–H and O–H groups in total. The van der Waals surface area contributed by atoms with Crippen molar-refractivity contribution in [3.8, 4) is 5.69 Å². The molecule has 0 aliphatic heterocycles. The van der Waals surface area contributed by atoms with Crippen LogP contribution in [-0.4, -0.2) is 9.78 Å². The minimum absolute atomic E-state index is 0.241. The lowest BCUT2D eigenvalue weighted by Crippen LogP contribution is -2.00. The zero-order valence-electron chi connectivity index (χ0n) is 10.1. The van der Waals surface area contributed by atoms with Crippen LogP contribution in [0.1, 0.15) is 37.3 Å². The molecule has 1 fully saturated rings. The number of benzene rings is 1. The second kappa shape index (κ2) is 4.44. The summed E-state index contributed by atoms with van der Waals surface area (Å²) >= 11 is 0. The molecular weight excluding hydrogens is 229 g/mol. The summed E-state index contributed by atoms with van der Waals surface area (Å²) in [5, 5.41) is 4.56. The molecule has 1 aliphatic carbocycles. The van der Waals surface area contributed by atoms with E-state index in [4.69, 9.17) is 5.73 Å². The summed E-state index contributed by atoms with van der Waals surface area (Å²) in [6.45, 7) is 0. The molecule has 1 aliphatic rings. The maximum atomic E-state index is 12.9. The number of halogens is 1. The van der Waals surface area contributed by atoms with Crippen molar-refractivity contribution in [1.82, 2.24) is 9.78 Å². The Hall–Kier alpha value is -1.84. The summed E-state index contributed by atoms with van der Waals surface area (Å²) in [4.78, 5) is 0. The first kappa shape index (κ1) is 11.3. The van der Waals surface area contributed by atoms with Crippen LogP contribution in [-0.2, 0) is 0 Å². The number of nitrogens with two attached hydrogens (primary N) is 1. The van der Waals surface area contributed by atoms with Crippen LogP contribution in [0.4, 0.5) is 10.1 Å². The zero-order chi connectivity index (χ0) is 12.5. The van der Waals surface area contributed by atoms with E-state index in [9.17, 15) is 4.39 Å². The minimum atomic E-state index is -0.241. The topological polar surface area (TPSA) is 43.8 Å². The van der Waals surface area contributed by atoms with Crippen LogP contribution in [0.25, 0.3) is 5.69 Å². The van der Waals surface area contributed by atoms with Gasteiger partial charge in [0, 0.05) is 5.92 Å². The average Bonchev–Trinajstić information content (AvgIpc) is 2.99. The molecule has 4 heteroatoms. The van der Waals surface area contributed by atoms with Crippen molar-refractivity contribution in [2.24, 2.45) is 0 Å². The predicted molar refractivity (Wildman–Crippen MR) is 69.1 cm³/mol. The fourth-order valence-electron chi connectivity index (χ4n) is 2.64. The van der Waals surface area contributed by atoms with Crippen LogP contribution in [0.3, 0.4) is 0 Å². The summed E-state index contributed by atoms with van der Waals surface area (Å²) < 4.78 is 14.6. The number of rotatable bonds is 2. The number of nitrogens with zero attached hydrogens (tertiary/aromatic N) is 2. The summed E-state index contributed by atoms with van der Waals surface area (Å²) in [6.07, 6.45) is 6.68. The predicted octanol–water partition coefficient (Wildman–Crippen LogP) is 3.25. The van der Waals surface area contributed by atoms with E-state index in [0.717, 1.165) is 17.1 Å². The third-order valence-electron chi connectivity index (χ3n) is 3.61. The average molecular weight is 245 g/mol. The lowest BCUT2D eigenvalue weighted by atomic mass is 10.0. The van der Waals surface area contributed by atoms with Crippen LogP contribution in [0.15, 0.2) is 30.5 Å². The highest BCUT2D eigenvalue weighted by atomic mass is 19.1. The maximum absolute atomic E-state index is 12.9. The van der Waals surface area contributed by atoms with E-state index < -0.39 is 0 Å². The number of hydrogen-bond acceptors (Lipinski definition) is 2. The van der Waals surface area contributed by atoms with Gasteiger partial charge in [0.1, 0.15) is 5.82 Å². The fraction of sp³-hybridized carbons (Fsp3) is 0.357. The Labute approximate surface area is 105 Å². The SMILES string of the molecule is Nc1cn(-c2ccc(F)cc2)nc1C1CCCC1. The minimum Gasteiger partial charge on any atom is -0.396 e. The number of hydrogen-bond donors (Lipinski definition) is 1. The van der Waals surface area contributed by atoms with Gasteiger partial charge in [0.05, 0.1) is 23.3 Å². The molecule has 1 aromatic heterocycles. The van der Waals surface area contributed by atoms with Gasteiger partial charge in [-0.05, 0) is 37.1 Å². The molecule has 0 bridgehead atoms. The highest BCUT2D eigenvalue weighted by Gasteiger charge is 2.22. The molecular formula is C14H16FN3. The summed E-state index contributed by atoms with van der Waals surface area (Å²) in [5.41, 5.74) is 8.61. The molecule has 0 saturated heterocycles. The first-order valence-electron chi connectivity index (χ1n) is 6.35. The van der Waals surface area contributed by atoms with Crippen molar-refractivity contribution < 1.29 is 4.39 Å². The molecule has 0 unspecified atom stereocenters. The molecule has 0 radical (unpaired) electrons. The number of anilines is 1. The first-order chi connectivity index (χ1) is 8.74. The Morgan fingerprint density at radius 1 is 1.17 bits per heavy atom. The molecule has 18 heavy (non-hydrogen) atoms. The monoisotopic (exact) mass is 245 g/mol. The lowest BCUT2D eigenvalue weighted by molar-refractivity contribution is 0.626. The van der Waals surface area contributed by atoms with Gasteiger partial charge in [-0.3, -0.25) is 0 Å². The van der Waals surface area contributed by atoms with E-state index in [-0.39, 0.29) is 5.82 Å². The van der Waals surface area contributed by atoms with Crippen LogP contribution in [0.5, 0.6) is 0 Å². The Morgan fingerprint density at radius 3 is 2.50 bits per heavy atom. The van der Waals surface area contributed by atoms with Crippen molar-refractivity contribution >= 4 is 5.69 Å². The van der Waals surface area contributed by atoms with Gasteiger partial charge in [0.15, 0.2) is 0 Å². The van der Waals surface area contributed by atoms with Crippen LogP contribution in [0.2, 0.25) is 0 Å². The molecule has 1 heterocycles. The van der Waals surface area contributed by atoms with Gasteiger partial charge in [-0.15, -0.1) is 0 Å². The highest BCUT2D eigenvalue weighted by Crippen LogP contribution is 2.36. The third kappa shape index (κ3) is 1.98. The Kier molecular flexibility index (Phi) is 2.78. The lowest BCUT2D eigenvalue weighted by Gasteiger charge is -2.05. The van der Waals surface area contributed by atoms with Crippen LogP contribution in [0, 0.1) is 5.82 Å². The van der Waals surface area contributed by atoms with E-state index >= 15 is 0 Å². The Morgan fingerprint density at radius 2 is 1.83 bits per heavy atom. The summed E-state index contributed by atoms with van der Waals surface area (Å²) in [7, 11) is 0. The van der Waals surface area contributed by atoms with Crippen molar-refractivity contribution in [3.63, 3.8) is 0 Å². The Bertz CT molecular complexity index is 539. The second-order valence-corrected chi connectivity index (χ2v) is 4.87. The van der Waals surface area contributed by atoms with E-state index in [1.54, 1.807) is 16.8 Å². The third-order valence-corrected chi connectivity index (χ3v) is 3.61. The zero-order valence-corrected chi connectivity index (χ0v) is 10.1. The van der Waals surface area contributed by atoms with E-state index in [1.807, 2.05) is 6.20 Å². The molecule has 1 saturated carbocycles. The molecule has 1 aromatic carbocycles. The maximum Gasteiger partial charge on any atom is 0.123 e. The second-order valence-electron chi connectivity index (χ2n) is 4.87. The number of aromatic nitrogens is 2. The normalized spacial score (nSPS) is 16.3. The molecule has 3 nitrogen and oxygen atoms in total. The van der Waals surface area contributed by atoms with Gasteiger partial charge >= 0.3 is 0 Å². The molecule has 0 spiro atoms. The largest absolute Gasteiger partial charge is 0.396 e. The molecule has 94 valence electrons. The van der Waals surface area contributed by atoms with Crippen LogP contribution < -0.4 is 5.73 Å². The van der Waals surface area contributed by atoms with Crippen LogP contribution >= 0.6 is 0 Å². The molecule has 0 atom stereocenters. The van der Waals surface area contributed by atoms with E-state index in [0.29, 0.717) is 5.92 Å². The Balaban J connectivity index is 1.94. The number of nitrogen functional groups attached to an aromatic ring is 1. The fourth-order valence-corrected chi connectivity index (χ4v) is 2.64. The van der Waals surface area contributed by atoms with Gasteiger partial charge < -0.3 is 5.73 Å². The van der Waals surface area contributed by atoms with Gasteiger partial charge in [-0.25, -0.2) is 9.07 Å². The van der Waals surface area contributed by atoms with Gasteiger partial charge in [0.25, 0.3) is 0 Å². The van der Waals surface area contributed by atoms with E-state index in [1.165, 1.54) is 37.8 Å². The molecule has 2 aromatic rings. The highest BCUT2D eigenvalue weighted by molar-refractivity contribution is 5.46. The smallest absolute Gasteiger partial charge is 0.123 e. The molecule has 3 rings (SSSR count). The standard InChI is InChI=1S/C14H16FN3/c15-11-5-7-12(8-6-11)18-9-13(16)14(17-18)10-3-1-2-4-10/h5-10H,1-4,16H2. The van der Waals surface area contributed by atoms with Gasteiger partial charge in [0.2, 0.25) is 0 Å².